The Kier molecular flexibility index (Phi) is 4.14. The van der Waals surface area contributed by atoms with Crippen LogP contribution in [0.15, 0.2) is 24.8 Å². The lowest BCUT2D eigenvalue weighted by Gasteiger charge is -2.17. The molecule has 3 rings (SSSR count). The largest absolute Gasteiger partial charge is 0.477 e. The molecule has 1 amide bonds. The molecule has 3 heterocycles. The van der Waals surface area contributed by atoms with Gasteiger partial charge in [-0.2, -0.15) is 10.1 Å². The maximum Gasteiger partial charge on any atom is 0.234 e. The van der Waals surface area contributed by atoms with Crippen LogP contribution >= 0.6 is 0 Å². The highest BCUT2D eigenvalue weighted by Crippen LogP contribution is 2.34. The first-order valence-corrected chi connectivity index (χ1v) is 7.56. The van der Waals surface area contributed by atoms with E-state index in [1.165, 1.54) is 0 Å². The van der Waals surface area contributed by atoms with Crippen molar-refractivity contribution >= 4 is 11.7 Å². The number of amides is 1. The zero-order valence-electron chi connectivity index (χ0n) is 13.2. The molecule has 2 atom stereocenters. The minimum Gasteiger partial charge on any atom is -0.477 e. The molecule has 1 aliphatic heterocycles. The highest BCUT2D eigenvalue weighted by atomic mass is 16.5. The van der Waals surface area contributed by atoms with Crippen molar-refractivity contribution in [2.75, 3.05) is 24.6 Å². The van der Waals surface area contributed by atoms with E-state index in [9.17, 15) is 4.79 Å². The van der Waals surface area contributed by atoms with Crippen molar-refractivity contribution in [2.45, 2.75) is 12.8 Å². The van der Waals surface area contributed by atoms with Crippen molar-refractivity contribution in [3.05, 3.63) is 30.4 Å². The standard InChI is InChI=1S/C15H20N6O2/c1-3-23-14-6-17-5-13(19-14)21-8-11(12(9-21)15(16)22)10-4-18-20(2)7-10/h4-7,11-12H,3,8-9H2,1-2H3,(H2,16,22)/t11-,12+/m1/s1. The van der Waals surface area contributed by atoms with Crippen LogP contribution in [0.1, 0.15) is 18.4 Å². The lowest BCUT2D eigenvalue weighted by molar-refractivity contribution is -0.121. The molecule has 1 aliphatic rings. The van der Waals surface area contributed by atoms with E-state index in [0.717, 1.165) is 5.56 Å². The van der Waals surface area contributed by atoms with E-state index in [-0.39, 0.29) is 17.7 Å². The van der Waals surface area contributed by atoms with Gasteiger partial charge in [0, 0.05) is 32.3 Å². The lowest BCUT2D eigenvalue weighted by atomic mass is 9.90. The molecule has 0 radical (unpaired) electrons. The number of carbonyl (C=O) groups is 1. The minimum atomic E-state index is -0.310. The number of anilines is 1. The van der Waals surface area contributed by atoms with E-state index in [2.05, 4.69) is 15.1 Å². The molecule has 2 aromatic rings. The van der Waals surface area contributed by atoms with Gasteiger partial charge >= 0.3 is 0 Å². The smallest absolute Gasteiger partial charge is 0.234 e. The molecule has 8 heteroatoms. The number of nitrogens with two attached hydrogens (primary N) is 1. The van der Waals surface area contributed by atoms with Gasteiger partial charge in [0.05, 0.1) is 31.1 Å². The van der Waals surface area contributed by atoms with E-state index in [1.807, 2.05) is 25.1 Å². The van der Waals surface area contributed by atoms with Crippen molar-refractivity contribution in [3.63, 3.8) is 0 Å². The Labute approximate surface area is 134 Å². The fourth-order valence-corrected chi connectivity index (χ4v) is 2.96. The fourth-order valence-electron chi connectivity index (χ4n) is 2.96. The Balaban J connectivity index is 1.85. The average Bonchev–Trinajstić information content (AvgIpc) is 3.14. The van der Waals surface area contributed by atoms with Gasteiger partial charge in [0.25, 0.3) is 0 Å². The maximum absolute atomic E-state index is 11.8. The van der Waals surface area contributed by atoms with Gasteiger partial charge in [0.2, 0.25) is 11.8 Å². The lowest BCUT2D eigenvalue weighted by Crippen LogP contribution is -2.29. The second kappa shape index (κ2) is 6.23. The van der Waals surface area contributed by atoms with Crippen LogP contribution in [0.3, 0.4) is 0 Å². The molecule has 2 N–H and O–H groups in total. The predicted molar refractivity (Wildman–Crippen MR) is 84.0 cm³/mol. The molecular formula is C15H20N6O2. The van der Waals surface area contributed by atoms with Gasteiger partial charge in [-0.05, 0) is 12.5 Å². The predicted octanol–water partition coefficient (Wildman–Crippen LogP) is 0.314. The van der Waals surface area contributed by atoms with Crippen LogP contribution in [0.25, 0.3) is 0 Å². The highest BCUT2D eigenvalue weighted by Gasteiger charge is 2.38. The minimum absolute atomic E-state index is 0.00116. The summed E-state index contributed by atoms with van der Waals surface area (Å²) in [6.07, 6.45) is 6.96. The first-order valence-electron chi connectivity index (χ1n) is 7.56. The molecule has 23 heavy (non-hydrogen) atoms. The Hall–Kier alpha value is -2.64. The number of hydrogen-bond acceptors (Lipinski definition) is 6. The molecular weight excluding hydrogens is 296 g/mol. The van der Waals surface area contributed by atoms with E-state index in [0.29, 0.717) is 31.4 Å². The van der Waals surface area contributed by atoms with Crippen molar-refractivity contribution in [3.8, 4) is 5.88 Å². The summed E-state index contributed by atoms with van der Waals surface area (Å²) >= 11 is 0. The number of ether oxygens (including phenoxy) is 1. The number of hydrogen-bond donors (Lipinski definition) is 1. The van der Waals surface area contributed by atoms with Crippen LogP contribution in [0.2, 0.25) is 0 Å². The van der Waals surface area contributed by atoms with Gasteiger partial charge < -0.3 is 15.4 Å². The summed E-state index contributed by atoms with van der Waals surface area (Å²) in [4.78, 5) is 22.5. The second-order valence-electron chi connectivity index (χ2n) is 5.62. The Morgan fingerprint density at radius 3 is 2.87 bits per heavy atom. The first kappa shape index (κ1) is 15.3. The number of aryl methyl sites for hydroxylation is 1. The number of rotatable bonds is 5. The third kappa shape index (κ3) is 3.10. The van der Waals surface area contributed by atoms with Gasteiger partial charge in [0.1, 0.15) is 0 Å². The zero-order valence-corrected chi connectivity index (χ0v) is 13.2. The fraction of sp³-hybridized carbons (Fsp3) is 0.467. The van der Waals surface area contributed by atoms with Gasteiger partial charge in [0.15, 0.2) is 5.82 Å². The maximum atomic E-state index is 11.8. The Morgan fingerprint density at radius 1 is 1.39 bits per heavy atom. The molecule has 0 unspecified atom stereocenters. The Bertz CT molecular complexity index is 701. The number of primary amides is 1. The average molecular weight is 316 g/mol. The van der Waals surface area contributed by atoms with Gasteiger partial charge in [-0.25, -0.2) is 0 Å². The summed E-state index contributed by atoms with van der Waals surface area (Å²) in [5.74, 6) is 0.574. The van der Waals surface area contributed by atoms with Crippen LogP contribution in [0.4, 0.5) is 5.82 Å². The van der Waals surface area contributed by atoms with Crippen LogP contribution < -0.4 is 15.4 Å². The van der Waals surface area contributed by atoms with Crippen molar-refractivity contribution in [1.82, 2.24) is 19.7 Å². The molecule has 2 aromatic heterocycles. The normalized spacial score (nSPS) is 20.7. The molecule has 1 fully saturated rings. The van der Waals surface area contributed by atoms with Gasteiger partial charge in [-0.1, -0.05) is 0 Å². The SMILES string of the molecule is CCOc1cncc(N2C[C@H](C(N)=O)[C@@H](c3cnn(C)c3)C2)n1. The topological polar surface area (TPSA) is 99.2 Å². The molecule has 0 spiro atoms. The number of nitrogens with zero attached hydrogens (tertiary/aromatic N) is 5. The molecule has 0 aliphatic carbocycles. The molecule has 0 saturated carbocycles. The van der Waals surface area contributed by atoms with E-state index < -0.39 is 0 Å². The molecule has 122 valence electrons. The van der Waals surface area contributed by atoms with Gasteiger partial charge in [-0.15, -0.1) is 0 Å². The molecule has 8 nitrogen and oxygen atoms in total. The van der Waals surface area contributed by atoms with E-state index in [1.54, 1.807) is 23.3 Å². The third-order valence-electron chi connectivity index (χ3n) is 4.05. The number of aromatic nitrogens is 4. The summed E-state index contributed by atoms with van der Waals surface area (Å²) < 4.78 is 7.12. The second-order valence-corrected chi connectivity index (χ2v) is 5.62. The molecule has 1 saturated heterocycles. The first-order chi connectivity index (χ1) is 11.1. The van der Waals surface area contributed by atoms with Crippen LogP contribution in [-0.4, -0.2) is 45.4 Å². The summed E-state index contributed by atoms with van der Waals surface area (Å²) in [5.41, 5.74) is 6.60. The Morgan fingerprint density at radius 2 is 2.22 bits per heavy atom. The van der Waals surface area contributed by atoms with Crippen molar-refractivity contribution in [2.24, 2.45) is 18.7 Å². The molecule has 0 aromatic carbocycles. The van der Waals surface area contributed by atoms with Crippen molar-refractivity contribution in [1.29, 1.82) is 0 Å². The van der Waals surface area contributed by atoms with E-state index in [4.69, 9.17) is 10.5 Å². The third-order valence-corrected chi connectivity index (χ3v) is 4.05. The molecule has 0 bridgehead atoms. The van der Waals surface area contributed by atoms with Crippen molar-refractivity contribution < 1.29 is 9.53 Å². The number of carbonyl (C=O) groups excluding carboxylic acids is 1. The monoisotopic (exact) mass is 316 g/mol. The summed E-state index contributed by atoms with van der Waals surface area (Å²) in [6.45, 7) is 3.58. The van der Waals surface area contributed by atoms with Crippen LogP contribution in [0, 0.1) is 5.92 Å². The quantitative estimate of drug-likeness (QED) is 0.852. The summed E-state index contributed by atoms with van der Waals surface area (Å²) in [6, 6.07) is 0. The van der Waals surface area contributed by atoms with Crippen LogP contribution in [-0.2, 0) is 11.8 Å². The highest BCUT2D eigenvalue weighted by molar-refractivity contribution is 5.79. The summed E-state index contributed by atoms with van der Waals surface area (Å²) in [5, 5.41) is 4.19. The van der Waals surface area contributed by atoms with Crippen LogP contribution in [0.5, 0.6) is 5.88 Å². The summed E-state index contributed by atoms with van der Waals surface area (Å²) in [7, 11) is 1.85. The van der Waals surface area contributed by atoms with Gasteiger partial charge in [-0.3, -0.25) is 14.5 Å². The zero-order chi connectivity index (χ0) is 16.4. The van der Waals surface area contributed by atoms with E-state index >= 15 is 0 Å².